The summed E-state index contributed by atoms with van der Waals surface area (Å²) in [6.45, 7) is 6.45. The van der Waals surface area contributed by atoms with E-state index in [2.05, 4.69) is 19.7 Å². The molecule has 0 spiro atoms. The van der Waals surface area contributed by atoms with Gasteiger partial charge in [0, 0.05) is 37.8 Å². The van der Waals surface area contributed by atoms with Crippen molar-refractivity contribution in [3.63, 3.8) is 0 Å². The number of rotatable bonds is 7. The zero-order valence-electron chi connectivity index (χ0n) is 18.5. The smallest absolute Gasteiger partial charge is 0.149 e. The number of aliphatic hydroxyl groups excluding tert-OH is 1. The molecule has 5 rings (SSSR count). The number of aliphatic hydroxyl groups is 1. The Balaban J connectivity index is 1.30. The molecule has 0 atom stereocenters. The molecule has 0 unspecified atom stereocenters. The predicted octanol–water partition coefficient (Wildman–Crippen LogP) is 2.23. The van der Waals surface area contributed by atoms with Crippen LogP contribution >= 0.6 is 11.5 Å². The normalized spacial score (nSPS) is 22.4. The zero-order valence-corrected chi connectivity index (χ0v) is 19.4. The van der Waals surface area contributed by atoms with E-state index in [0.717, 1.165) is 72.3 Å². The van der Waals surface area contributed by atoms with Gasteiger partial charge >= 0.3 is 0 Å². The van der Waals surface area contributed by atoms with Gasteiger partial charge in [-0.25, -0.2) is 9.97 Å². The van der Waals surface area contributed by atoms with Gasteiger partial charge in [0.05, 0.1) is 43.6 Å². The molecule has 0 bridgehead atoms. The topological polar surface area (TPSA) is 101 Å². The number of fused-ring (bicyclic) bond motifs is 1. The first-order valence-electron chi connectivity index (χ1n) is 11.5. The first-order chi connectivity index (χ1) is 15.7. The van der Waals surface area contributed by atoms with E-state index in [-0.39, 0.29) is 6.61 Å². The van der Waals surface area contributed by atoms with Crippen molar-refractivity contribution < 1.29 is 9.84 Å². The Hall–Kier alpha value is -2.14. The van der Waals surface area contributed by atoms with Gasteiger partial charge in [-0.1, -0.05) is 0 Å². The van der Waals surface area contributed by atoms with Crippen molar-refractivity contribution in [3.8, 4) is 0 Å². The maximum Gasteiger partial charge on any atom is 0.149 e. The number of aromatic nitrogens is 5. The van der Waals surface area contributed by atoms with Crippen LogP contribution in [-0.4, -0.2) is 79.1 Å². The summed E-state index contributed by atoms with van der Waals surface area (Å²) in [5.41, 5.74) is 2.02. The number of nitrogens with zero attached hydrogens (tertiary/aromatic N) is 6. The summed E-state index contributed by atoms with van der Waals surface area (Å²) in [6, 6.07) is 1.10. The second-order valence-electron chi connectivity index (χ2n) is 8.75. The summed E-state index contributed by atoms with van der Waals surface area (Å²) >= 11 is 1.43. The van der Waals surface area contributed by atoms with Crippen LogP contribution < -0.4 is 5.32 Å². The third-order valence-corrected chi connectivity index (χ3v) is 7.36. The Kier molecular flexibility index (Phi) is 6.63. The summed E-state index contributed by atoms with van der Waals surface area (Å²) in [4.78, 5) is 13.2. The van der Waals surface area contributed by atoms with Crippen molar-refractivity contribution >= 4 is 27.6 Å². The lowest BCUT2D eigenvalue weighted by molar-refractivity contribution is 0.00791. The van der Waals surface area contributed by atoms with Gasteiger partial charge in [-0.2, -0.15) is 9.47 Å². The molecule has 2 N–H and O–H groups in total. The summed E-state index contributed by atoms with van der Waals surface area (Å²) in [5, 5.41) is 18.2. The fourth-order valence-corrected chi connectivity index (χ4v) is 5.64. The van der Waals surface area contributed by atoms with Gasteiger partial charge in [0.25, 0.3) is 0 Å². The summed E-state index contributed by atoms with van der Waals surface area (Å²) < 4.78 is 11.8. The van der Waals surface area contributed by atoms with Gasteiger partial charge in [0.2, 0.25) is 0 Å². The number of nitrogens with one attached hydrogen (secondary N) is 1. The Labute approximate surface area is 192 Å². The maximum atomic E-state index is 9.11. The number of hydrogen-bond acceptors (Lipinski definition) is 9. The first-order valence-corrected chi connectivity index (χ1v) is 12.3. The molecule has 1 aliphatic heterocycles. The highest BCUT2D eigenvalue weighted by Gasteiger charge is 2.27. The van der Waals surface area contributed by atoms with Crippen LogP contribution in [0.4, 0.5) is 5.82 Å². The Morgan fingerprint density at radius 2 is 2.00 bits per heavy atom. The molecule has 1 saturated heterocycles. The van der Waals surface area contributed by atoms with Crippen LogP contribution in [0.25, 0.3) is 10.2 Å². The minimum atomic E-state index is 0.0750. The molecule has 9 nitrogen and oxygen atoms in total. The average molecular weight is 458 g/mol. The van der Waals surface area contributed by atoms with Crippen molar-refractivity contribution in [1.29, 1.82) is 0 Å². The van der Waals surface area contributed by atoms with Gasteiger partial charge < -0.3 is 15.2 Å². The molecule has 3 aromatic rings. The van der Waals surface area contributed by atoms with Crippen LogP contribution in [0.5, 0.6) is 0 Å². The molecule has 10 heteroatoms. The van der Waals surface area contributed by atoms with E-state index in [9.17, 15) is 0 Å². The van der Waals surface area contributed by atoms with Crippen molar-refractivity contribution in [1.82, 2.24) is 29.0 Å². The molecule has 0 aromatic carbocycles. The van der Waals surface area contributed by atoms with E-state index in [0.29, 0.717) is 25.0 Å². The lowest BCUT2D eigenvalue weighted by Gasteiger charge is -2.39. The maximum absolute atomic E-state index is 9.11. The van der Waals surface area contributed by atoms with E-state index in [1.54, 1.807) is 4.68 Å². The molecule has 1 aliphatic carbocycles. The second kappa shape index (κ2) is 9.78. The van der Waals surface area contributed by atoms with E-state index in [1.165, 1.54) is 24.4 Å². The number of ether oxygens (including phenoxy) is 1. The lowest BCUT2D eigenvalue weighted by atomic mass is 9.90. The molecular weight excluding hydrogens is 426 g/mol. The van der Waals surface area contributed by atoms with Gasteiger partial charge in [-0.15, -0.1) is 0 Å². The van der Waals surface area contributed by atoms with Gasteiger partial charge in [0.15, 0.2) is 0 Å². The number of hydrogen-bond donors (Lipinski definition) is 2. The van der Waals surface area contributed by atoms with Crippen molar-refractivity contribution in [3.05, 3.63) is 29.5 Å². The minimum absolute atomic E-state index is 0.0750. The highest BCUT2D eigenvalue weighted by Crippen LogP contribution is 2.31. The lowest BCUT2D eigenvalue weighted by Crippen LogP contribution is -2.46. The molecule has 2 fully saturated rings. The monoisotopic (exact) mass is 457 g/mol. The SMILES string of the molecule is Cc1nsc2nc(Cc3cnn(CCO)c3)nc(NC3CCC(N4CCOCC4)CC3)c12. The van der Waals surface area contributed by atoms with Crippen LogP contribution in [0.1, 0.15) is 42.8 Å². The van der Waals surface area contributed by atoms with E-state index in [1.807, 2.05) is 19.3 Å². The van der Waals surface area contributed by atoms with Crippen molar-refractivity contribution in [2.45, 2.75) is 57.7 Å². The third kappa shape index (κ3) is 4.78. The predicted molar refractivity (Wildman–Crippen MR) is 124 cm³/mol. The molecule has 32 heavy (non-hydrogen) atoms. The summed E-state index contributed by atoms with van der Waals surface area (Å²) in [6.07, 6.45) is 9.09. The molecule has 2 aliphatic rings. The number of anilines is 1. The van der Waals surface area contributed by atoms with E-state index in [4.69, 9.17) is 19.8 Å². The Morgan fingerprint density at radius 1 is 1.19 bits per heavy atom. The van der Waals surface area contributed by atoms with Gasteiger partial charge in [-0.05, 0) is 49.7 Å². The molecule has 4 heterocycles. The van der Waals surface area contributed by atoms with Gasteiger partial charge in [0.1, 0.15) is 16.5 Å². The highest BCUT2D eigenvalue weighted by molar-refractivity contribution is 7.13. The zero-order chi connectivity index (χ0) is 21.9. The molecule has 172 valence electrons. The van der Waals surface area contributed by atoms with Crippen molar-refractivity contribution in [2.75, 3.05) is 38.2 Å². The van der Waals surface area contributed by atoms with Crippen LogP contribution in [0.2, 0.25) is 0 Å². The number of aryl methyl sites for hydroxylation is 1. The summed E-state index contributed by atoms with van der Waals surface area (Å²) in [5.74, 6) is 1.68. The average Bonchev–Trinajstić information content (AvgIpc) is 3.41. The molecule has 3 aromatic heterocycles. The number of morpholine rings is 1. The Morgan fingerprint density at radius 3 is 2.78 bits per heavy atom. The standard InChI is InChI=1S/C22H31N7O2S/c1-15-20-21(24-17-2-4-18(5-3-17)28-7-10-31-11-8-28)25-19(26-22(20)32-27-15)12-16-13-23-29(14-16)6-9-30/h13-14,17-18,30H,2-12H2,1H3,(H,24,25,26). The van der Waals surface area contributed by atoms with Crippen LogP contribution in [0, 0.1) is 6.92 Å². The molecular formula is C22H31N7O2S. The first kappa shape index (κ1) is 21.7. The minimum Gasteiger partial charge on any atom is -0.394 e. The van der Waals surface area contributed by atoms with Crippen LogP contribution in [0.3, 0.4) is 0 Å². The van der Waals surface area contributed by atoms with E-state index < -0.39 is 0 Å². The van der Waals surface area contributed by atoms with Crippen LogP contribution in [0.15, 0.2) is 12.4 Å². The highest BCUT2D eigenvalue weighted by atomic mass is 32.1. The third-order valence-electron chi connectivity index (χ3n) is 6.53. The Bertz CT molecular complexity index is 1040. The van der Waals surface area contributed by atoms with Crippen molar-refractivity contribution in [2.24, 2.45) is 0 Å². The fourth-order valence-electron chi connectivity index (χ4n) is 4.84. The van der Waals surface area contributed by atoms with Gasteiger partial charge in [-0.3, -0.25) is 9.58 Å². The summed E-state index contributed by atoms with van der Waals surface area (Å²) in [7, 11) is 0. The van der Waals surface area contributed by atoms with Crippen LogP contribution in [-0.2, 0) is 17.7 Å². The quantitative estimate of drug-likeness (QED) is 0.557. The molecule has 0 radical (unpaired) electrons. The molecule has 1 saturated carbocycles. The van der Waals surface area contributed by atoms with E-state index >= 15 is 0 Å². The molecule has 0 amide bonds. The largest absolute Gasteiger partial charge is 0.394 e. The second-order valence-corrected chi connectivity index (χ2v) is 9.50. The fraction of sp³-hybridized carbons (Fsp3) is 0.636.